The predicted octanol–water partition coefficient (Wildman–Crippen LogP) is 5.29. The van der Waals surface area contributed by atoms with Crippen molar-refractivity contribution in [2.75, 3.05) is 0 Å². The zero-order chi connectivity index (χ0) is 21.3. The molecule has 150 valence electrons. The molecule has 0 atom stereocenters. The van der Waals surface area contributed by atoms with Crippen LogP contribution in [0.4, 0.5) is 11.4 Å². The Bertz CT molecular complexity index is 1320. The molecule has 2 aromatic carbocycles. The van der Waals surface area contributed by atoms with Gasteiger partial charge in [0, 0.05) is 10.6 Å². The Labute approximate surface area is 180 Å². The molecular weight excluding hydrogens is 427 g/mol. The molecule has 0 amide bonds. The van der Waals surface area contributed by atoms with Gasteiger partial charge in [0.25, 0.3) is 5.91 Å². The molecular formula is C20H14Cl2N6O2. The molecule has 0 aliphatic rings. The van der Waals surface area contributed by atoms with Gasteiger partial charge >= 0.3 is 5.56 Å². The first kappa shape index (κ1) is 19.8. The first-order chi connectivity index (χ1) is 14.4. The summed E-state index contributed by atoms with van der Waals surface area (Å²) in [5, 5.41) is 18.5. The van der Waals surface area contributed by atoms with Crippen molar-refractivity contribution in [2.45, 2.75) is 6.92 Å². The standard InChI is InChI=1S/C20H14Cl2N6O2/c1-11-18(26-23-15-5-3-2-4-14(15)22)20(30)28(27-11)19(29)17-10-16(24-25-17)12-6-8-13(21)9-7-12/h2-10,27H,1H3,(H,24,25). The molecule has 8 nitrogen and oxygen atoms in total. The molecule has 0 saturated heterocycles. The van der Waals surface area contributed by atoms with Crippen LogP contribution in [0, 0.1) is 6.92 Å². The molecule has 0 spiro atoms. The van der Waals surface area contributed by atoms with Gasteiger partial charge in [-0.1, -0.05) is 47.5 Å². The van der Waals surface area contributed by atoms with Gasteiger partial charge in [-0.15, -0.1) is 10.2 Å². The summed E-state index contributed by atoms with van der Waals surface area (Å²) in [5.74, 6) is -0.602. The maximum Gasteiger partial charge on any atom is 0.302 e. The minimum Gasteiger partial charge on any atom is -0.290 e. The third-order valence-corrected chi connectivity index (χ3v) is 4.87. The van der Waals surface area contributed by atoms with Crippen LogP contribution >= 0.6 is 23.2 Å². The Hall–Kier alpha value is -3.49. The highest BCUT2D eigenvalue weighted by Crippen LogP contribution is 2.26. The van der Waals surface area contributed by atoms with E-state index in [0.717, 1.165) is 10.2 Å². The van der Waals surface area contributed by atoms with E-state index in [4.69, 9.17) is 23.2 Å². The number of halogens is 2. The lowest BCUT2D eigenvalue weighted by Crippen LogP contribution is -2.25. The van der Waals surface area contributed by atoms with E-state index in [-0.39, 0.29) is 11.4 Å². The molecule has 2 heterocycles. The molecule has 4 rings (SSSR count). The number of aromatic amines is 2. The molecule has 0 bridgehead atoms. The lowest BCUT2D eigenvalue weighted by Gasteiger charge is -1.96. The van der Waals surface area contributed by atoms with Gasteiger partial charge in [0.05, 0.1) is 16.4 Å². The molecule has 10 heteroatoms. The Kier molecular flexibility index (Phi) is 5.35. The summed E-state index contributed by atoms with van der Waals surface area (Å²) in [4.78, 5) is 25.5. The van der Waals surface area contributed by atoms with Crippen LogP contribution in [0.15, 0.2) is 69.6 Å². The van der Waals surface area contributed by atoms with E-state index in [9.17, 15) is 9.59 Å². The molecule has 2 aromatic heterocycles. The number of aryl methyl sites for hydroxylation is 1. The first-order valence-corrected chi connectivity index (χ1v) is 9.53. The number of benzene rings is 2. The summed E-state index contributed by atoms with van der Waals surface area (Å²) < 4.78 is 0.857. The summed E-state index contributed by atoms with van der Waals surface area (Å²) in [6.45, 7) is 1.62. The van der Waals surface area contributed by atoms with Crippen molar-refractivity contribution >= 4 is 40.5 Å². The number of carbonyl (C=O) groups is 1. The quantitative estimate of drug-likeness (QED) is 0.420. The van der Waals surface area contributed by atoms with Crippen LogP contribution in [-0.2, 0) is 0 Å². The van der Waals surface area contributed by atoms with Crippen LogP contribution in [-0.4, -0.2) is 25.9 Å². The van der Waals surface area contributed by atoms with Crippen molar-refractivity contribution in [1.29, 1.82) is 0 Å². The minimum atomic E-state index is -0.629. The average Bonchev–Trinajstić information content (AvgIpc) is 3.33. The Morgan fingerprint density at radius 2 is 1.80 bits per heavy atom. The number of nitrogens with one attached hydrogen (secondary N) is 2. The average molecular weight is 441 g/mol. The van der Waals surface area contributed by atoms with Gasteiger partial charge in [0.1, 0.15) is 11.4 Å². The Morgan fingerprint density at radius 1 is 1.07 bits per heavy atom. The highest BCUT2D eigenvalue weighted by Gasteiger charge is 2.20. The monoisotopic (exact) mass is 440 g/mol. The van der Waals surface area contributed by atoms with E-state index in [1.54, 1.807) is 61.5 Å². The van der Waals surface area contributed by atoms with Crippen LogP contribution in [0.2, 0.25) is 10.0 Å². The van der Waals surface area contributed by atoms with E-state index in [1.807, 2.05) is 0 Å². The van der Waals surface area contributed by atoms with Crippen molar-refractivity contribution in [3.8, 4) is 11.3 Å². The smallest absolute Gasteiger partial charge is 0.290 e. The fourth-order valence-corrected chi connectivity index (χ4v) is 3.05. The number of carbonyl (C=O) groups excluding carboxylic acids is 1. The van der Waals surface area contributed by atoms with Gasteiger partial charge < -0.3 is 0 Å². The second kappa shape index (κ2) is 8.10. The Morgan fingerprint density at radius 3 is 2.53 bits per heavy atom. The van der Waals surface area contributed by atoms with Gasteiger partial charge in [-0.05, 0) is 37.3 Å². The number of hydrogen-bond acceptors (Lipinski definition) is 5. The van der Waals surface area contributed by atoms with Crippen LogP contribution in [0.1, 0.15) is 16.2 Å². The fourth-order valence-electron chi connectivity index (χ4n) is 2.76. The van der Waals surface area contributed by atoms with Gasteiger partial charge in [-0.3, -0.25) is 19.8 Å². The summed E-state index contributed by atoms with van der Waals surface area (Å²) >= 11 is 11.9. The highest BCUT2D eigenvalue weighted by molar-refractivity contribution is 6.32. The molecule has 2 N–H and O–H groups in total. The van der Waals surface area contributed by atoms with E-state index in [2.05, 4.69) is 25.5 Å². The predicted molar refractivity (Wildman–Crippen MR) is 114 cm³/mol. The number of azo groups is 1. The maximum atomic E-state index is 12.8. The second-order valence-corrected chi connectivity index (χ2v) is 7.20. The lowest BCUT2D eigenvalue weighted by atomic mass is 10.1. The molecule has 0 saturated carbocycles. The SMILES string of the molecule is Cc1[nH]n(C(=O)c2cc(-c3ccc(Cl)cc3)n[nH]2)c(=O)c1N=Nc1ccccc1Cl. The fraction of sp³-hybridized carbons (Fsp3) is 0.0500. The zero-order valence-electron chi connectivity index (χ0n) is 15.6. The topological polar surface area (TPSA) is 108 Å². The second-order valence-electron chi connectivity index (χ2n) is 6.36. The van der Waals surface area contributed by atoms with Gasteiger partial charge in [0.15, 0.2) is 5.69 Å². The van der Waals surface area contributed by atoms with Gasteiger partial charge in [-0.25, -0.2) is 0 Å². The first-order valence-electron chi connectivity index (χ1n) is 8.78. The van der Waals surface area contributed by atoms with E-state index >= 15 is 0 Å². The van der Waals surface area contributed by atoms with E-state index in [1.165, 1.54) is 0 Å². The Balaban J connectivity index is 1.63. The van der Waals surface area contributed by atoms with Crippen LogP contribution < -0.4 is 5.56 Å². The summed E-state index contributed by atoms with van der Waals surface area (Å²) in [5.41, 5.74) is 1.65. The van der Waals surface area contributed by atoms with Gasteiger partial charge in [0.2, 0.25) is 0 Å². The summed E-state index contributed by atoms with van der Waals surface area (Å²) in [6.07, 6.45) is 0. The third kappa shape index (κ3) is 3.83. The number of rotatable bonds is 4. The molecule has 0 fully saturated rings. The van der Waals surface area contributed by atoms with Crippen molar-refractivity contribution in [3.05, 3.63) is 86.4 Å². The van der Waals surface area contributed by atoms with Crippen LogP contribution in [0.5, 0.6) is 0 Å². The van der Waals surface area contributed by atoms with Crippen molar-refractivity contribution in [1.82, 2.24) is 20.0 Å². The minimum absolute atomic E-state index is 0.0145. The molecule has 0 aliphatic heterocycles. The number of nitrogens with zero attached hydrogens (tertiary/aromatic N) is 4. The molecule has 0 radical (unpaired) electrons. The van der Waals surface area contributed by atoms with Crippen molar-refractivity contribution in [2.24, 2.45) is 10.2 Å². The van der Waals surface area contributed by atoms with Crippen LogP contribution in [0.3, 0.4) is 0 Å². The summed E-state index contributed by atoms with van der Waals surface area (Å²) in [7, 11) is 0. The summed E-state index contributed by atoms with van der Waals surface area (Å²) in [6, 6.07) is 15.4. The lowest BCUT2D eigenvalue weighted by molar-refractivity contribution is 0.0936. The normalized spacial score (nSPS) is 11.3. The molecule has 0 aliphatic carbocycles. The zero-order valence-corrected chi connectivity index (χ0v) is 17.1. The largest absolute Gasteiger partial charge is 0.302 e. The molecule has 4 aromatic rings. The number of aromatic nitrogens is 4. The highest BCUT2D eigenvalue weighted by atomic mass is 35.5. The third-order valence-electron chi connectivity index (χ3n) is 4.30. The number of hydrogen-bond donors (Lipinski definition) is 2. The number of H-pyrrole nitrogens is 2. The maximum absolute atomic E-state index is 12.8. The van der Waals surface area contributed by atoms with Crippen molar-refractivity contribution in [3.63, 3.8) is 0 Å². The van der Waals surface area contributed by atoms with E-state index in [0.29, 0.717) is 27.1 Å². The van der Waals surface area contributed by atoms with Crippen molar-refractivity contribution < 1.29 is 4.79 Å². The molecule has 0 unspecified atom stereocenters. The van der Waals surface area contributed by atoms with E-state index < -0.39 is 11.5 Å². The van der Waals surface area contributed by atoms with Gasteiger partial charge in [-0.2, -0.15) is 9.78 Å². The molecule has 30 heavy (non-hydrogen) atoms. The van der Waals surface area contributed by atoms with Crippen LogP contribution in [0.25, 0.3) is 11.3 Å².